The van der Waals surface area contributed by atoms with Gasteiger partial charge in [0.15, 0.2) is 6.04 Å². The molecule has 1 aromatic heterocycles. The van der Waals surface area contributed by atoms with Gasteiger partial charge in [-0.05, 0) is 18.4 Å². The summed E-state index contributed by atoms with van der Waals surface area (Å²) in [5, 5.41) is 6.22. The minimum Gasteiger partial charge on any atom is -0.351 e. The smallest absolute Gasteiger partial charge is 0.319 e. The van der Waals surface area contributed by atoms with Gasteiger partial charge in [0.1, 0.15) is 6.04 Å². The molecule has 2 atom stereocenters. The van der Waals surface area contributed by atoms with Crippen molar-refractivity contribution >= 4 is 23.3 Å². The van der Waals surface area contributed by atoms with Crippen molar-refractivity contribution in [2.75, 3.05) is 0 Å². The highest BCUT2D eigenvalue weighted by Crippen LogP contribution is 2.24. The number of aryl methyl sites for hydroxylation is 1. The number of amides is 3. The van der Waals surface area contributed by atoms with Crippen molar-refractivity contribution in [3.63, 3.8) is 0 Å². The second-order valence-corrected chi connectivity index (χ2v) is 7.32. The van der Waals surface area contributed by atoms with E-state index in [1.807, 2.05) is 54.0 Å². The number of hydrogen-bond acceptors (Lipinski definition) is 3. The lowest BCUT2D eigenvalue weighted by Gasteiger charge is -2.22. The first kappa shape index (κ1) is 18.8. The van der Waals surface area contributed by atoms with Crippen LogP contribution in [0.5, 0.6) is 0 Å². The number of hydrogen-bond donors (Lipinski definition) is 3. The number of primary amides is 1. The van der Waals surface area contributed by atoms with Gasteiger partial charge in [0.2, 0.25) is 0 Å². The van der Waals surface area contributed by atoms with Gasteiger partial charge in [-0.2, -0.15) is 0 Å². The number of thiophene rings is 1. The van der Waals surface area contributed by atoms with Crippen molar-refractivity contribution in [2.24, 2.45) is 5.73 Å². The van der Waals surface area contributed by atoms with E-state index in [2.05, 4.69) is 35.6 Å². The monoisotopic (exact) mass is 380 g/mol. The first-order chi connectivity index (χ1) is 13.0. The molecule has 0 bridgehead atoms. The van der Waals surface area contributed by atoms with Gasteiger partial charge in [0, 0.05) is 11.1 Å². The normalized spacial score (nSPS) is 12.9. The summed E-state index contributed by atoms with van der Waals surface area (Å²) in [4.78, 5) is 25.1. The summed E-state index contributed by atoms with van der Waals surface area (Å²) in [6.07, 6.45) is 0. The van der Waals surface area contributed by atoms with Crippen molar-refractivity contribution in [1.29, 1.82) is 0 Å². The molecular weight excluding hydrogens is 358 g/mol. The van der Waals surface area contributed by atoms with Crippen LogP contribution in [0.3, 0.4) is 0 Å². The summed E-state index contributed by atoms with van der Waals surface area (Å²) in [5.74, 6) is -0.428. The predicted octanol–water partition coefficient (Wildman–Crippen LogP) is 2.65. The zero-order chi connectivity index (χ0) is 19.2. The average Bonchev–Trinajstić information content (AvgIpc) is 3.18. The molecule has 27 heavy (non-hydrogen) atoms. The van der Waals surface area contributed by atoms with E-state index in [1.165, 1.54) is 5.56 Å². The highest BCUT2D eigenvalue weighted by Gasteiger charge is 2.31. The Morgan fingerprint density at radius 2 is 1.67 bits per heavy atom. The average molecular weight is 380 g/mol. The van der Waals surface area contributed by atoms with E-state index in [9.17, 15) is 9.59 Å². The van der Waals surface area contributed by atoms with Crippen LogP contribution in [-0.2, 0) is 4.79 Å². The van der Waals surface area contributed by atoms with E-state index < -0.39 is 18.0 Å². The molecule has 0 unspecified atom stereocenters. The first-order valence-electron chi connectivity index (χ1n) is 8.65. The van der Waals surface area contributed by atoms with Crippen LogP contribution < -0.4 is 16.4 Å². The molecule has 1 heterocycles. The predicted molar refractivity (Wildman–Crippen MR) is 106 cm³/mol. The topological polar surface area (TPSA) is 88.8 Å². The molecule has 0 aliphatic rings. The Balaban J connectivity index is 1.98. The van der Waals surface area contributed by atoms with Crippen LogP contribution in [0, 0.1) is 6.92 Å². The molecule has 0 saturated heterocycles. The molecule has 0 aliphatic carbocycles. The molecule has 0 radical (unpaired) electrons. The highest BCUT2D eigenvalue weighted by molar-refractivity contribution is 7.10. The molecule has 0 spiro atoms. The lowest BCUT2D eigenvalue weighted by atomic mass is 9.99. The lowest BCUT2D eigenvalue weighted by Crippen LogP contribution is -2.88. The number of benzene rings is 2. The Bertz CT molecular complexity index is 893. The van der Waals surface area contributed by atoms with Crippen molar-refractivity contribution in [1.82, 2.24) is 5.32 Å². The number of nitrogens with one attached hydrogen (secondary N) is 1. The van der Waals surface area contributed by atoms with E-state index in [-0.39, 0.29) is 6.04 Å². The molecule has 0 aliphatic heterocycles. The molecule has 3 aromatic rings. The fourth-order valence-electron chi connectivity index (χ4n) is 3.01. The Morgan fingerprint density at radius 3 is 2.26 bits per heavy atom. The van der Waals surface area contributed by atoms with Gasteiger partial charge in [-0.3, -0.25) is 10.1 Å². The summed E-state index contributed by atoms with van der Waals surface area (Å²) in [6, 6.07) is 20.2. The third-order valence-electron chi connectivity index (χ3n) is 4.36. The standard InChI is InChI=1S/C21H21N3O2S/c1-14-9-11-16(12-10-14)18(17-8-5-13-27-17)23-19(20(25)24-21(22)26)15-6-3-2-4-7-15/h2-13,18-19,23H,1H3,(H3,22,24,25,26)/p+1/t18-,19+/m1/s1. The maximum Gasteiger partial charge on any atom is 0.319 e. The van der Waals surface area contributed by atoms with Crippen molar-refractivity contribution in [3.05, 3.63) is 93.7 Å². The summed E-state index contributed by atoms with van der Waals surface area (Å²) in [6.45, 7) is 2.04. The third kappa shape index (κ3) is 4.81. The van der Waals surface area contributed by atoms with Crippen molar-refractivity contribution in [2.45, 2.75) is 19.0 Å². The van der Waals surface area contributed by atoms with Gasteiger partial charge in [-0.25, -0.2) is 4.79 Å². The van der Waals surface area contributed by atoms with Gasteiger partial charge >= 0.3 is 6.03 Å². The van der Waals surface area contributed by atoms with E-state index in [4.69, 9.17) is 5.73 Å². The number of quaternary nitrogens is 1. The molecule has 2 aromatic carbocycles. The molecule has 6 heteroatoms. The minimum absolute atomic E-state index is 0.0746. The number of carbonyl (C=O) groups is 2. The minimum atomic E-state index is -0.850. The van der Waals surface area contributed by atoms with Gasteiger partial charge in [0.25, 0.3) is 5.91 Å². The Hall–Kier alpha value is -2.96. The van der Waals surface area contributed by atoms with Gasteiger partial charge in [-0.1, -0.05) is 66.2 Å². The first-order valence-corrected chi connectivity index (χ1v) is 9.53. The highest BCUT2D eigenvalue weighted by atomic mass is 32.1. The molecule has 5 nitrogen and oxygen atoms in total. The van der Waals surface area contributed by atoms with E-state index >= 15 is 0 Å². The summed E-state index contributed by atoms with van der Waals surface area (Å²) < 4.78 is 0. The Labute approximate surface area is 162 Å². The maximum absolute atomic E-state index is 12.7. The zero-order valence-electron chi connectivity index (χ0n) is 15.0. The molecule has 3 amide bonds. The quantitative estimate of drug-likeness (QED) is 0.614. The number of urea groups is 1. The number of carbonyl (C=O) groups excluding carboxylic acids is 2. The summed E-state index contributed by atoms with van der Waals surface area (Å²) >= 11 is 1.64. The Kier molecular flexibility index (Phi) is 6.01. The number of nitrogens with two attached hydrogens (primary N) is 2. The van der Waals surface area contributed by atoms with Crippen LogP contribution in [-0.4, -0.2) is 11.9 Å². The van der Waals surface area contributed by atoms with E-state index in [1.54, 1.807) is 11.3 Å². The third-order valence-corrected chi connectivity index (χ3v) is 5.31. The van der Waals surface area contributed by atoms with Crippen LogP contribution >= 0.6 is 11.3 Å². The molecule has 0 fully saturated rings. The number of imide groups is 1. The molecule has 3 rings (SSSR count). The van der Waals surface area contributed by atoms with Crippen molar-refractivity contribution < 1.29 is 14.9 Å². The van der Waals surface area contributed by atoms with Gasteiger partial charge < -0.3 is 11.1 Å². The molecular formula is C21H22N3O2S+. The molecule has 0 saturated carbocycles. The lowest BCUT2D eigenvalue weighted by molar-refractivity contribution is -0.713. The van der Waals surface area contributed by atoms with Crippen LogP contribution in [0.15, 0.2) is 72.1 Å². The van der Waals surface area contributed by atoms with Crippen LogP contribution in [0.4, 0.5) is 4.79 Å². The molecule has 138 valence electrons. The summed E-state index contributed by atoms with van der Waals surface area (Å²) in [7, 11) is 0. The zero-order valence-corrected chi connectivity index (χ0v) is 15.8. The van der Waals surface area contributed by atoms with Gasteiger partial charge in [-0.15, -0.1) is 11.3 Å². The van der Waals surface area contributed by atoms with Crippen LogP contribution in [0.2, 0.25) is 0 Å². The summed E-state index contributed by atoms with van der Waals surface area (Å²) in [5.41, 5.74) is 8.26. The number of rotatable bonds is 6. The second-order valence-electron chi connectivity index (χ2n) is 6.34. The fraction of sp³-hybridized carbons (Fsp3) is 0.143. The SMILES string of the molecule is Cc1ccc([C@@H]([NH2+][C@H](C(=O)NC(N)=O)c2ccccc2)c2cccs2)cc1. The van der Waals surface area contributed by atoms with Crippen molar-refractivity contribution in [3.8, 4) is 0 Å². The van der Waals surface area contributed by atoms with E-state index in [0.29, 0.717) is 0 Å². The van der Waals surface area contributed by atoms with Gasteiger partial charge in [0.05, 0.1) is 4.88 Å². The second kappa shape index (κ2) is 8.62. The van der Waals surface area contributed by atoms with Crippen LogP contribution in [0.1, 0.15) is 33.7 Å². The van der Waals surface area contributed by atoms with Crippen LogP contribution in [0.25, 0.3) is 0 Å². The maximum atomic E-state index is 12.7. The fourth-order valence-corrected chi connectivity index (χ4v) is 3.85. The Morgan fingerprint density at radius 1 is 0.963 bits per heavy atom. The largest absolute Gasteiger partial charge is 0.351 e. The van der Waals surface area contributed by atoms with E-state index in [0.717, 1.165) is 16.0 Å². The molecule has 5 N–H and O–H groups in total.